The molecule has 0 fully saturated rings. The second kappa shape index (κ2) is 5.01. The van der Waals surface area contributed by atoms with Crippen LogP contribution in [0.3, 0.4) is 0 Å². The number of aryl methyl sites for hydroxylation is 1. The summed E-state index contributed by atoms with van der Waals surface area (Å²) in [6, 6.07) is 5.49. The van der Waals surface area contributed by atoms with Gasteiger partial charge in [-0.05, 0) is 25.1 Å². The van der Waals surface area contributed by atoms with Crippen LogP contribution >= 0.6 is 0 Å². The highest BCUT2D eigenvalue weighted by atomic mass is 16.2. The molecule has 0 unspecified atom stereocenters. The Hall–Kier alpha value is -2.70. The van der Waals surface area contributed by atoms with Gasteiger partial charge in [0.05, 0.1) is 11.0 Å². The number of amides is 1. The lowest BCUT2D eigenvalue weighted by molar-refractivity contribution is 0.101. The molecule has 108 valence electrons. The van der Waals surface area contributed by atoms with Crippen LogP contribution in [0.25, 0.3) is 11.0 Å². The quantitative estimate of drug-likeness (QED) is 0.687. The van der Waals surface area contributed by atoms with Crippen LogP contribution in [0.1, 0.15) is 42.0 Å². The molecule has 0 aliphatic carbocycles. The van der Waals surface area contributed by atoms with Gasteiger partial charge in [-0.25, -0.2) is 9.97 Å². The molecule has 3 rings (SSSR count). The Bertz CT molecular complexity index is 801. The molecular formula is C14H16N6O. The maximum absolute atomic E-state index is 12.1. The average molecular weight is 284 g/mol. The molecule has 0 spiro atoms. The zero-order chi connectivity index (χ0) is 15.0. The number of rotatable bonds is 3. The minimum atomic E-state index is -0.339. The number of hydrogen-bond donors (Lipinski definition) is 3. The van der Waals surface area contributed by atoms with Crippen molar-refractivity contribution in [2.75, 3.05) is 5.32 Å². The summed E-state index contributed by atoms with van der Waals surface area (Å²) in [7, 11) is 0. The highest BCUT2D eigenvalue weighted by Crippen LogP contribution is 2.17. The van der Waals surface area contributed by atoms with E-state index in [4.69, 9.17) is 0 Å². The number of anilines is 1. The Morgan fingerprint density at radius 2 is 2.10 bits per heavy atom. The molecule has 21 heavy (non-hydrogen) atoms. The summed E-state index contributed by atoms with van der Waals surface area (Å²) in [4.78, 5) is 23.7. The number of fused-ring (bicyclic) bond motifs is 1. The van der Waals surface area contributed by atoms with E-state index in [1.807, 2.05) is 32.9 Å². The van der Waals surface area contributed by atoms with Gasteiger partial charge in [-0.3, -0.25) is 9.89 Å². The Kier molecular flexibility index (Phi) is 3.17. The average Bonchev–Trinajstić information content (AvgIpc) is 3.03. The van der Waals surface area contributed by atoms with Gasteiger partial charge in [0, 0.05) is 11.6 Å². The predicted molar refractivity (Wildman–Crippen MR) is 79.3 cm³/mol. The van der Waals surface area contributed by atoms with E-state index >= 15 is 0 Å². The minimum absolute atomic E-state index is 0.139. The summed E-state index contributed by atoms with van der Waals surface area (Å²) in [5, 5.41) is 9.48. The molecule has 3 N–H and O–H groups in total. The first-order valence-corrected chi connectivity index (χ1v) is 6.73. The number of carbonyl (C=O) groups excluding carboxylic acids is 1. The van der Waals surface area contributed by atoms with Crippen molar-refractivity contribution in [1.82, 2.24) is 25.1 Å². The fourth-order valence-corrected chi connectivity index (χ4v) is 2.04. The number of H-pyrrole nitrogens is 2. The van der Waals surface area contributed by atoms with E-state index in [9.17, 15) is 4.79 Å². The summed E-state index contributed by atoms with van der Waals surface area (Å²) in [6.07, 6.45) is 0. The molecule has 2 aromatic heterocycles. The molecule has 0 saturated carbocycles. The number of aromatic amines is 2. The molecule has 0 aliphatic rings. The van der Waals surface area contributed by atoms with Crippen molar-refractivity contribution in [3.8, 4) is 0 Å². The lowest BCUT2D eigenvalue weighted by Gasteiger charge is -2.02. The Morgan fingerprint density at radius 1 is 1.29 bits per heavy atom. The standard InChI is InChI=1S/C14H16N6O/c1-7(2)12-18-13(20-19-12)14(21)17-9-4-5-10-11(6-9)16-8(3)15-10/h4-7H,1-3H3,(H,15,16)(H,17,21)(H,18,19,20). The summed E-state index contributed by atoms with van der Waals surface area (Å²) in [6.45, 7) is 5.85. The smallest absolute Gasteiger partial charge is 0.295 e. The second-order valence-corrected chi connectivity index (χ2v) is 5.21. The molecule has 1 aromatic carbocycles. The summed E-state index contributed by atoms with van der Waals surface area (Å²) >= 11 is 0. The van der Waals surface area contributed by atoms with Gasteiger partial charge in [-0.1, -0.05) is 13.8 Å². The van der Waals surface area contributed by atoms with Crippen LogP contribution in [0.2, 0.25) is 0 Å². The zero-order valence-electron chi connectivity index (χ0n) is 12.1. The number of nitrogens with zero attached hydrogens (tertiary/aromatic N) is 3. The number of aromatic nitrogens is 5. The van der Waals surface area contributed by atoms with Gasteiger partial charge >= 0.3 is 0 Å². The molecule has 1 amide bonds. The maximum atomic E-state index is 12.1. The van der Waals surface area contributed by atoms with E-state index in [1.54, 1.807) is 6.07 Å². The van der Waals surface area contributed by atoms with Gasteiger partial charge in [0.25, 0.3) is 5.91 Å². The fourth-order valence-electron chi connectivity index (χ4n) is 2.04. The number of benzene rings is 1. The van der Waals surface area contributed by atoms with E-state index < -0.39 is 0 Å². The van der Waals surface area contributed by atoms with Gasteiger partial charge in [-0.2, -0.15) is 0 Å². The summed E-state index contributed by atoms with van der Waals surface area (Å²) in [5.74, 6) is 1.53. The van der Waals surface area contributed by atoms with Crippen LogP contribution in [-0.2, 0) is 0 Å². The molecule has 3 aromatic rings. The topological polar surface area (TPSA) is 99.3 Å². The fraction of sp³-hybridized carbons (Fsp3) is 0.286. The van der Waals surface area contributed by atoms with E-state index in [-0.39, 0.29) is 17.6 Å². The number of hydrogen-bond acceptors (Lipinski definition) is 4. The largest absolute Gasteiger partial charge is 0.342 e. The van der Waals surface area contributed by atoms with E-state index in [2.05, 4.69) is 30.5 Å². The van der Waals surface area contributed by atoms with Gasteiger partial charge in [0.15, 0.2) is 0 Å². The normalized spacial score (nSPS) is 11.2. The van der Waals surface area contributed by atoms with Crippen LogP contribution in [0.15, 0.2) is 18.2 Å². The third kappa shape index (κ3) is 2.62. The Labute approximate surface area is 121 Å². The number of carbonyl (C=O) groups is 1. The highest BCUT2D eigenvalue weighted by Gasteiger charge is 2.14. The lowest BCUT2D eigenvalue weighted by atomic mass is 10.2. The molecule has 0 bridgehead atoms. The first kappa shape index (κ1) is 13.3. The van der Waals surface area contributed by atoms with Crippen LogP contribution in [0, 0.1) is 6.92 Å². The molecule has 2 heterocycles. The van der Waals surface area contributed by atoms with Gasteiger partial charge in [-0.15, -0.1) is 5.10 Å². The van der Waals surface area contributed by atoms with Gasteiger partial charge < -0.3 is 10.3 Å². The van der Waals surface area contributed by atoms with Gasteiger partial charge in [0.2, 0.25) is 5.82 Å². The third-order valence-corrected chi connectivity index (χ3v) is 3.11. The molecule has 0 saturated heterocycles. The van der Waals surface area contributed by atoms with Crippen LogP contribution < -0.4 is 5.32 Å². The van der Waals surface area contributed by atoms with E-state index in [1.165, 1.54) is 0 Å². The monoisotopic (exact) mass is 284 g/mol. The predicted octanol–water partition coefficient (Wildman–Crippen LogP) is 2.37. The summed E-state index contributed by atoms with van der Waals surface area (Å²) in [5.41, 5.74) is 2.42. The SMILES string of the molecule is Cc1nc2ccc(NC(=O)c3n[nH]c(C(C)C)n3)cc2[nH]1. The Morgan fingerprint density at radius 3 is 2.81 bits per heavy atom. The minimum Gasteiger partial charge on any atom is -0.342 e. The maximum Gasteiger partial charge on any atom is 0.295 e. The zero-order valence-corrected chi connectivity index (χ0v) is 12.1. The van der Waals surface area contributed by atoms with Crippen molar-refractivity contribution < 1.29 is 4.79 Å². The van der Waals surface area contributed by atoms with E-state index in [0.29, 0.717) is 11.5 Å². The molecule has 0 atom stereocenters. The number of nitrogens with one attached hydrogen (secondary N) is 3. The van der Waals surface area contributed by atoms with Crippen molar-refractivity contribution in [1.29, 1.82) is 0 Å². The van der Waals surface area contributed by atoms with Crippen molar-refractivity contribution >= 4 is 22.6 Å². The second-order valence-electron chi connectivity index (χ2n) is 5.21. The van der Waals surface area contributed by atoms with Crippen LogP contribution in [0.4, 0.5) is 5.69 Å². The van der Waals surface area contributed by atoms with Crippen LogP contribution in [-0.4, -0.2) is 31.1 Å². The molecular weight excluding hydrogens is 268 g/mol. The molecule has 0 aliphatic heterocycles. The van der Waals surface area contributed by atoms with Crippen molar-refractivity contribution in [3.63, 3.8) is 0 Å². The van der Waals surface area contributed by atoms with Crippen molar-refractivity contribution in [2.24, 2.45) is 0 Å². The molecule has 7 heteroatoms. The van der Waals surface area contributed by atoms with Gasteiger partial charge in [0.1, 0.15) is 11.6 Å². The Balaban J connectivity index is 1.81. The molecule has 7 nitrogen and oxygen atoms in total. The van der Waals surface area contributed by atoms with Crippen LogP contribution in [0.5, 0.6) is 0 Å². The molecule has 0 radical (unpaired) electrons. The summed E-state index contributed by atoms with van der Waals surface area (Å²) < 4.78 is 0. The lowest BCUT2D eigenvalue weighted by Crippen LogP contribution is -2.13. The highest BCUT2D eigenvalue weighted by molar-refractivity contribution is 6.02. The van der Waals surface area contributed by atoms with E-state index in [0.717, 1.165) is 16.9 Å². The third-order valence-electron chi connectivity index (χ3n) is 3.11. The van der Waals surface area contributed by atoms with Crippen molar-refractivity contribution in [2.45, 2.75) is 26.7 Å². The first-order valence-electron chi connectivity index (χ1n) is 6.73. The van der Waals surface area contributed by atoms with Crippen molar-refractivity contribution in [3.05, 3.63) is 35.7 Å². The first-order chi connectivity index (χ1) is 10.0. The number of imidazole rings is 1.